The van der Waals surface area contributed by atoms with Gasteiger partial charge in [-0.2, -0.15) is 0 Å². The van der Waals surface area contributed by atoms with E-state index in [4.69, 9.17) is 9.47 Å². The molecule has 0 radical (unpaired) electrons. The van der Waals surface area contributed by atoms with Gasteiger partial charge in [0.15, 0.2) is 17.3 Å². The molecule has 2 N–H and O–H groups in total. The van der Waals surface area contributed by atoms with E-state index in [9.17, 15) is 9.59 Å². The maximum atomic E-state index is 12.4. The summed E-state index contributed by atoms with van der Waals surface area (Å²) in [6.07, 6.45) is 4.15. The standard InChI is InChI=1S/C23H28N2O4/c1-5-14-29-22-15-17(7-13-21(22)28-4)6-12-20(26)18-8-10-19(11-9-18)25-23(27)24-16(2)3/h6-13,15-16H,5,14H2,1-4H3,(H2,24,25,27)/b12-6+. The molecule has 0 saturated heterocycles. The molecule has 0 atom stereocenters. The number of ether oxygens (including phenoxy) is 2. The molecule has 0 bridgehead atoms. The zero-order valence-electron chi connectivity index (χ0n) is 17.3. The van der Waals surface area contributed by atoms with Crippen molar-refractivity contribution in [1.82, 2.24) is 5.32 Å². The van der Waals surface area contributed by atoms with Gasteiger partial charge in [0.2, 0.25) is 0 Å². The Morgan fingerprint density at radius 1 is 1.07 bits per heavy atom. The van der Waals surface area contributed by atoms with Crippen molar-refractivity contribution >= 4 is 23.6 Å². The van der Waals surface area contributed by atoms with E-state index >= 15 is 0 Å². The zero-order valence-corrected chi connectivity index (χ0v) is 17.3. The fourth-order valence-corrected chi connectivity index (χ4v) is 2.54. The van der Waals surface area contributed by atoms with Crippen LogP contribution in [0.25, 0.3) is 6.08 Å². The van der Waals surface area contributed by atoms with E-state index in [1.807, 2.05) is 39.0 Å². The van der Waals surface area contributed by atoms with Crippen molar-refractivity contribution in [3.8, 4) is 11.5 Å². The molecule has 0 heterocycles. The van der Waals surface area contributed by atoms with Crippen LogP contribution in [-0.2, 0) is 0 Å². The molecule has 2 aromatic carbocycles. The normalized spacial score (nSPS) is 10.8. The molecule has 0 aromatic heterocycles. The second kappa shape index (κ2) is 10.9. The van der Waals surface area contributed by atoms with Gasteiger partial charge in [-0.25, -0.2) is 4.79 Å². The molecule has 0 saturated carbocycles. The number of carbonyl (C=O) groups excluding carboxylic acids is 2. The number of allylic oxidation sites excluding steroid dienone is 1. The first-order valence-corrected chi connectivity index (χ1v) is 9.63. The summed E-state index contributed by atoms with van der Waals surface area (Å²) in [5, 5.41) is 5.47. The number of benzene rings is 2. The minimum absolute atomic E-state index is 0.0480. The quantitative estimate of drug-likeness (QED) is 0.466. The monoisotopic (exact) mass is 396 g/mol. The molecule has 2 aromatic rings. The minimum atomic E-state index is -0.278. The van der Waals surface area contributed by atoms with Crippen molar-refractivity contribution < 1.29 is 19.1 Å². The average molecular weight is 396 g/mol. The Bertz CT molecular complexity index is 858. The van der Waals surface area contributed by atoms with Crippen LogP contribution < -0.4 is 20.1 Å². The summed E-state index contributed by atoms with van der Waals surface area (Å²) in [6.45, 7) is 6.40. The average Bonchev–Trinajstić information content (AvgIpc) is 2.70. The van der Waals surface area contributed by atoms with Gasteiger partial charge in [0.05, 0.1) is 13.7 Å². The van der Waals surface area contributed by atoms with Crippen molar-refractivity contribution in [2.75, 3.05) is 19.0 Å². The molecular formula is C23H28N2O4. The lowest BCUT2D eigenvalue weighted by molar-refractivity contribution is 0.104. The highest BCUT2D eigenvalue weighted by molar-refractivity contribution is 6.07. The SMILES string of the molecule is CCCOc1cc(/C=C/C(=O)c2ccc(NC(=O)NC(C)C)cc2)ccc1OC. The lowest BCUT2D eigenvalue weighted by Crippen LogP contribution is -2.34. The van der Waals surface area contributed by atoms with Crippen molar-refractivity contribution in [2.45, 2.75) is 33.2 Å². The van der Waals surface area contributed by atoms with E-state index < -0.39 is 0 Å². The number of nitrogens with one attached hydrogen (secondary N) is 2. The van der Waals surface area contributed by atoms with Crippen LogP contribution in [0.3, 0.4) is 0 Å². The maximum Gasteiger partial charge on any atom is 0.319 e. The van der Waals surface area contributed by atoms with Crippen LogP contribution in [0.2, 0.25) is 0 Å². The van der Waals surface area contributed by atoms with Crippen LogP contribution in [0.4, 0.5) is 10.5 Å². The lowest BCUT2D eigenvalue weighted by Gasteiger charge is -2.10. The Morgan fingerprint density at radius 3 is 2.41 bits per heavy atom. The van der Waals surface area contributed by atoms with Gasteiger partial charge in [0.25, 0.3) is 0 Å². The van der Waals surface area contributed by atoms with E-state index in [-0.39, 0.29) is 17.9 Å². The van der Waals surface area contributed by atoms with Crippen molar-refractivity contribution in [1.29, 1.82) is 0 Å². The fourth-order valence-electron chi connectivity index (χ4n) is 2.54. The Labute approximate surface area is 171 Å². The second-order valence-electron chi connectivity index (χ2n) is 6.79. The highest BCUT2D eigenvalue weighted by Gasteiger charge is 2.07. The van der Waals surface area contributed by atoms with Gasteiger partial charge in [-0.05, 0) is 68.3 Å². The number of ketones is 1. The van der Waals surface area contributed by atoms with Crippen LogP contribution >= 0.6 is 0 Å². The first-order valence-electron chi connectivity index (χ1n) is 9.63. The topological polar surface area (TPSA) is 76.7 Å². The van der Waals surface area contributed by atoms with E-state index in [0.29, 0.717) is 29.4 Å². The first-order chi connectivity index (χ1) is 13.9. The minimum Gasteiger partial charge on any atom is -0.493 e. The van der Waals surface area contributed by atoms with Crippen LogP contribution in [0, 0.1) is 0 Å². The largest absolute Gasteiger partial charge is 0.493 e. The number of methoxy groups -OCH3 is 1. The molecule has 6 heteroatoms. The number of hydrogen-bond donors (Lipinski definition) is 2. The van der Waals surface area contributed by atoms with Crippen molar-refractivity contribution in [3.05, 3.63) is 59.7 Å². The molecule has 2 rings (SSSR count). The molecule has 6 nitrogen and oxygen atoms in total. The van der Waals surface area contributed by atoms with E-state index in [2.05, 4.69) is 10.6 Å². The Hall–Kier alpha value is -3.28. The number of hydrogen-bond acceptors (Lipinski definition) is 4. The van der Waals surface area contributed by atoms with Gasteiger partial charge < -0.3 is 20.1 Å². The highest BCUT2D eigenvalue weighted by atomic mass is 16.5. The molecule has 0 aliphatic carbocycles. The second-order valence-corrected chi connectivity index (χ2v) is 6.79. The maximum absolute atomic E-state index is 12.4. The van der Waals surface area contributed by atoms with Crippen LogP contribution in [-0.4, -0.2) is 31.6 Å². The van der Waals surface area contributed by atoms with Gasteiger partial charge in [-0.1, -0.05) is 19.1 Å². The van der Waals surface area contributed by atoms with E-state index in [1.54, 1.807) is 37.5 Å². The summed E-state index contributed by atoms with van der Waals surface area (Å²) in [7, 11) is 1.60. The molecule has 154 valence electrons. The van der Waals surface area contributed by atoms with Gasteiger partial charge >= 0.3 is 6.03 Å². The van der Waals surface area contributed by atoms with Crippen molar-refractivity contribution in [3.63, 3.8) is 0 Å². The zero-order chi connectivity index (χ0) is 21.2. The van der Waals surface area contributed by atoms with Gasteiger partial charge in [0, 0.05) is 17.3 Å². The molecule has 2 amide bonds. The summed E-state index contributed by atoms with van der Waals surface area (Å²) in [6, 6.07) is 12.1. The summed E-state index contributed by atoms with van der Waals surface area (Å²) in [4.78, 5) is 24.2. The summed E-state index contributed by atoms with van der Waals surface area (Å²) in [5.74, 6) is 1.18. The summed E-state index contributed by atoms with van der Waals surface area (Å²) in [5.41, 5.74) is 2.00. The third-order valence-electron chi connectivity index (χ3n) is 3.92. The summed E-state index contributed by atoms with van der Waals surface area (Å²) < 4.78 is 11.0. The van der Waals surface area contributed by atoms with Gasteiger partial charge in [-0.3, -0.25) is 4.79 Å². The Morgan fingerprint density at radius 2 is 1.79 bits per heavy atom. The summed E-state index contributed by atoms with van der Waals surface area (Å²) >= 11 is 0. The lowest BCUT2D eigenvalue weighted by atomic mass is 10.1. The number of amides is 2. The van der Waals surface area contributed by atoms with E-state index in [1.165, 1.54) is 6.08 Å². The van der Waals surface area contributed by atoms with Gasteiger partial charge in [-0.15, -0.1) is 0 Å². The van der Waals surface area contributed by atoms with Crippen LogP contribution in [0.5, 0.6) is 11.5 Å². The van der Waals surface area contributed by atoms with Crippen molar-refractivity contribution in [2.24, 2.45) is 0 Å². The third-order valence-corrected chi connectivity index (χ3v) is 3.92. The molecule has 0 unspecified atom stereocenters. The number of rotatable bonds is 9. The van der Waals surface area contributed by atoms with E-state index in [0.717, 1.165) is 12.0 Å². The highest BCUT2D eigenvalue weighted by Crippen LogP contribution is 2.28. The Balaban J connectivity index is 2.04. The molecule has 0 aliphatic heterocycles. The molecule has 0 aliphatic rings. The number of carbonyl (C=O) groups is 2. The molecular weight excluding hydrogens is 368 g/mol. The molecule has 0 spiro atoms. The van der Waals surface area contributed by atoms with Crippen LogP contribution in [0.15, 0.2) is 48.5 Å². The number of anilines is 1. The predicted octanol–water partition coefficient (Wildman–Crippen LogP) is 4.91. The fraction of sp³-hybridized carbons (Fsp3) is 0.304. The predicted molar refractivity (Wildman–Crippen MR) is 116 cm³/mol. The molecule has 0 fully saturated rings. The van der Waals surface area contributed by atoms with Gasteiger partial charge in [0.1, 0.15) is 0 Å². The molecule has 29 heavy (non-hydrogen) atoms. The first kappa shape index (κ1) is 22.0. The Kier molecular flexibility index (Phi) is 8.27. The smallest absolute Gasteiger partial charge is 0.319 e. The number of urea groups is 1. The van der Waals surface area contributed by atoms with Crippen LogP contribution in [0.1, 0.15) is 43.1 Å². The third kappa shape index (κ3) is 6.99.